The molecule has 2 aromatic carbocycles. The third kappa shape index (κ3) is 4.95. The number of carbonyl (C=O) groups excluding carboxylic acids is 1. The molecule has 1 N–H and O–H groups in total. The molecule has 1 heterocycles. The van der Waals surface area contributed by atoms with Crippen LogP contribution in [0.1, 0.15) is 31.2 Å². The minimum absolute atomic E-state index is 0.0769. The Kier molecular flexibility index (Phi) is 5.91. The first kappa shape index (κ1) is 19.1. The van der Waals surface area contributed by atoms with Gasteiger partial charge in [-0.25, -0.2) is 0 Å². The number of hydrogen-bond donors (Lipinski definition) is 1. The van der Waals surface area contributed by atoms with Crippen LogP contribution in [-0.2, 0) is 4.79 Å². The van der Waals surface area contributed by atoms with Crippen molar-refractivity contribution in [3.63, 3.8) is 0 Å². The Morgan fingerprint density at radius 2 is 1.96 bits per heavy atom. The van der Waals surface area contributed by atoms with E-state index in [1.54, 1.807) is 12.1 Å². The Hall–Kier alpha value is -2.67. The molecule has 0 aliphatic heterocycles. The summed E-state index contributed by atoms with van der Waals surface area (Å²) in [5, 5.41) is 6.76. The van der Waals surface area contributed by atoms with Crippen molar-refractivity contribution in [2.24, 2.45) is 0 Å². The average Bonchev–Trinajstić information content (AvgIpc) is 3.14. The van der Waals surface area contributed by atoms with Crippen LogP contribution < -0.4 is 10.1 Å². The zero-order valence-corrected chi connectivity index (χ0v) is 16.9. The van der Waals surface area contributed by atoms with Gasteiger partial charge in [-0.1, -0.05) is 34.9 Å². The van der Waals surface area contributed by atoms with Crippen molar-refractivity contribution in [2.75, 3.05) is 11.9 Å². The third-order valence-corrected chi connectivity index (χ3v) is 4.76. The van der Waals surface area contributed by atoms with E-state index < -0.39 is 0 Å². The van der Waals surface area contributed by atoms with Crippen molar-refractivity contribution in [2.45, 2.75) is 26.7 Å². The normalized spacial score (nSPS) is 10.9. The maximum Gasteiger partial charge on any atom is 0.262 e. The maximum absolute atomic E-state index is 12.1. The molecule has 0 bridgehead atoms. The monoisotopic (exact) mass is 429 g/mol. The van der Waals surface area contributed by atoms with E-state index in [-0.39, 0.29) is 18.4 Å². The van der Waals surface area contributed by atoms with Gasteiger partial charge in [-0.3, -0.25) is 4.79 Å². The zero-order valence-electron chi connectivity index (χ0n) is 15.3. The number of hydrogen-bond acceptors (Lipinski definition) is 5. The minimum Gasteiger partial charge on any atom is -0.484 e. The van der Waals surface area contributed by atoms with Gasteiger partial charge in [0.05, 0.1) is 0 Å². The number of carbonyl (C=O) groups is 1. The average molecular weight is 430 g/mol. The lowest BCUT2D eigenvalue weighted by atomic mass is 10.2. The minimum atomic E-state index is -0.223. The summed E-state index contributed by atoms with van der Waals surface area (Å²) in [7, 11) is 0. The molecule has 0 unspecified atom stereocenters. The first-order valence-electron chi connectivity index (χ1n) is 8.55. The van der Waals surface area contributed by atoms with E-state index in [2.05, 4.69) is 31.4 Å². The fourth-order valence-electron chi connectivity index (χ4n) is 2.35. The van der Waals surface area contributed by atoms with Gasteiger partial charge >= 0.3 is 0 Å². The van der Waals surface area contributed by atoms with Gasteiger partial charge in [-0.15, -0.1) is 0 Å². The van der Waals surface area contributed by atoms with Crippen molar-refractivity contribution in [1.82, 2.24) is 10.1 Å². The van der Waals surface area contributed by atoms with Crippen molar-refractivity contribution >= 4 is 27.5 Å². The van der Waals surface area contributed by atoms with E-state index in [1.807, 2.05) is 51.1 Å². The Morgan fingerprint density at radius 1 is 1.22 bits per heavy atom. The van der Waals surface area contributed by atoms with E-state index >= 15 is 0 Å². The molecule has 0 atom stereocenters. The highest BCUT2D eigenvalue weighted by atomic mass is 79.9. The van der Waals surface area contributed by atoms with Crippen LogP contribution in [0.15, 0.2) is 51.5 Å². The van der Waals surface area contributed by atoms with Gasteiger partial charge in [0.1, 0.15) is 5.75 Å². The highest BCUT2D eigenvalue weighted by molar-refractivity contribution is 9.10. The Morgan fingerprint density at radius 3 is 2.59 bits per heavy atom. The van der Waals surface area contributed by atoms with Crippen LogP contribution in [0.4, 0.5) is 5.69 Å². The summed E-state index contributed by atoms with van der Waals surface area (Å²) in [4.78, 5) is 16.4. The summed E-state index contributed by atoms with van der Waals surface area (Å²) in [6.07, 6.45) is 0. The molecule has 3 aromatic rings. The molecule has 6 nitrogen and oxygen atoms in total. The quantitative estimate of drug-likeness (QED) is 0.599. The number of anilines is 1. The van der Waals surface area contributed by atoms with Gasteiger partial charge in [-0.2, -0.15) is 4.98 Å². The summed E-state index contributed by atoms with van der Waals surface area (Å²) < 4.78 is 11.8. The second-order valence-electron chi connectivity index (χ2n) is 6.44. The van der Waals surface area contributed by atoms with Crippen LogP contribution in [0, 0.1) is 6.92 Å². The second kappa shape index (κ2) is 8.35. The van der Waals surface area contributed by atoms with Crippen LogP contribution in [-0.4, -0.2) is 22.7 Å². The Labute approximate surface area is 166 Å². The topological polar surface area (TPSA) is 77.2 Å². The first-order valence-corrected chi connectivity index (χ1v) is 9.34. The van der Waals surface area contributed by atoms with Crippen molar-refractivity contribution in [3.05, 3.63) is 58.3 Å². The second-order valence-corrected chi connectivity index (χ2v) is 7.29. The molecule has 0 saturated carbocycles. The highest BCUT2D eigenvalue weighted by Crippen LogP contribution is 2.23. The summed E-state index contributed by atoms with van der Waals surface area (Å²) in [6, 6.07) is 12.8. The molecular formula is C20H20BrN3O3. The fourth-order valence-corrected chi connectivity index (χ4v) is 2.60. The molecule has 1 aromatic heterocycles. The van der Waals surface area contributed by atoms with Crippen LogP contribution in [0.3, 0.4) is 0 Å². The van der Waals surface area contributed by atoms with Gasteiger partial charge in [0.15, 0.2) is 12.4 Å². The third-order valence-electron chi connectivity index (χ3n) is 3.87. The van der Waals surface area contributed by atoms with Crippen molar-refractivity contribution in [1.29, 1.82) is 0 Å². The molecule has 0 aliphatic carbocycles. The Bertz CT molecular complexity index is 936. The molecule has 0 spiro atoms. The standard InChI is InChI=1S/C20H20BrN3O3/c1-12(2)19-23-20(27-24-19)14-4-7-16(8-5-14)26-11-18(25)22-15-6-9-17(21)13(3)10-15/h4-10,12H,11H2,1-3H3,(H,22,25). The Balaban J connectivity index is 1.56. The summed E-state index contributed by atoms with van der Waals surface area (Å²) in [5.41, 5.74) is 2.58. The predicted octanol–water partition coefficient (Wildman–Crippen LogP) is 4.95. The van der Waals surface area contributed by atoms with E-state index in [0.717, 1.165) is 21.3 Å². The highest BCUT2D eigenvalue weighted by Gasteiger charge is 2.12. The number of nitrogens with zero attached hydrogens (tertiary/aromatic N) is 2. The smallest absolute Gasteiger partial charge is 0.262 e. The number of amides is 1. The van der Waals surface area contributed by atoms with Gasteiger partial charge in [0.2, 0.25) is 0 Å². The molecule has 0 saturated heterocycles. The number of aryl methyl sites for hydroxylation is 1. The molecule has 0 aliphatic rings. The number of rotatable bonds is 6. The lowest BCUT2D eigenvalue weighted by Crippen LogP contribution is -2.20. The molecular weight excluding hydrogens is 410 g/mol. The fraction of sp³-hybridized carbons (Fsp3) is 0.250. The molecule has 0 radical (unpaired) electrons. The number of nitrogens with one attached hydrogen (secondary N) is 1. The van der Waals surface area contributed by atoms with Gasteiger partial charge in [0, 0.05) is 21.6 Å². The summed E-state index contributed by atoms with van der Waals surface area (Å²) in [5.74, 6) is 1.71. The van der Waals surface area contributed by atoms with Gasteiger partial charge in [0.25, 0.3) is 11.8 Å². The number of benzene rings is 2. The largest absolute Gasteiger partial charge is 0.484 e. The van der Waals surface area contributed by atoms with Crippen molar-refractivity contribution in [3.8, 4) is 17.2 Å². The van der Waals surface area contributed by atoms with E-state index in [0.29, 0.717) is 17.5 Å². The molecule has 0 fully saturated rings. The molecule has 1 amide bonds. The van der Waals surface area contributed by atoms with Crippen LogP contribution in [0.5, 0.6) is 5.75 Å². The van der Waals surface area contributed by atoms with Gasteiger partial charge in [-0.05, 0) is 55.0 Å². The number of aromatic nitrogens is 2. The summed E-state index contributed by atoms with van der Waals surface area (Å²) >= 11 is 3.44. The van der Waals surface area contributed by atoms with Crippen molar-refractivity contribution < 1.29 is 14.1 Å². The molecule has 140 valence electrons. The van der Waals surface area contributed by atoms with E-state index in [9.17, 15) is 4.79 Å². The van der Waals surface area contributed by atoms with Crippen LogP contribution >= 0.6 is 15.9 Å². The van der Waals surface area contributed by atoms with Crippen LogP contribution in [0.25, 0.3) is 11.5 Å². The first-order chi connectivity index (χ1) is 12.9. The zero-order chi connectivity index (χ0) is 19.4. The van der Waals surface area contributed by atoms with Crippen LogP contribution in [0.2, 0.25) is 0 Å². The molecule has 3 rings (SSSR count). The molecule has 27 heavy (non-hydrogen) atoms. The van der Waals surface area contributed by atoms with Gasteiger partial charge < -0.3 is 14.6 Å². The maximum atomic E-state index is 12.1. The van der Waals surface area contributed by atoms with E-state index in [4.69, 9.17) is 9.26 Å². The number of halogens is 1. The number of ether oxygens (including phenoxy) is 1. The lowest BCUT2D eigenvalue weighted by molar-refractivity contribution is -0.118. The van der Waals surface area contributed by atoms with E-state index in [1.165, 1.54) is 0 Å². The lowest BCUT2D eigenvalue weighted by Gasteiger charge is -2.09. The predicted molar refractivity (Wildman–Crippen MR) is 107 cm³/mol. The summed E-state index contributed by atoms with van der Waals surface area (Å²) in [6.45, 7) is 5.90. The SMILES string of the molecule is Cc1cc(NC(=O)COc2ccc(-c3nc(C(C)C)no3)cc2)ccc1Br. The molecule has 7 heteroatoms.